The number of hydrogen-bond acceptors (Lipinski definition) is 6. The number of benzene rings is 2. The first kappa shape index (κ1) is 21.5. The van der Waals surface area contributed by atoms with E-state index in [1.165, 1.54) is 46.6 Å². The molecule has 0 spiro atoms. The van der Waals surface area contributed by atoms with Crippen LogP contribution < -0.4 is 19.5 Å². The molecule has 1 N–H and O–H groups in total. The molecule has 1 amide bonds. The maximum Gasteiger partial charge on any atom is 0.243 e. The summed E-state index contributed by atoms with van der Waals surface area (Å²) < 4.78 is 42.0. The van der Waals surface area contributed by atoms with Crippen LogP contribution >= 0.6 is 0 Å². The van der Waals surface area contributed by atoms with E-state index in [4.69, 9.17) is 14.2 Å². The lowest BCUT2D eigenvalue weighted by Crippen LogP contribution is -2.35. The normalized spacial score (nSPS) is 11.2. The number of ether oxygens (including phenoxy) is 3. The Balaban J connectivity index is 2.18. The van der Waals surface area contributed by atoms with Crippen LogP contribution in [-0.4, -0.2) is 53.6 Å². The van der Waals surface area contributed by atoms with Gasteiger partial charge in [0.15, 0.2) is 11.5 Å². The minimum absolute atomic E-state index is 0.00594. The molecule has 0 radical (unpaired) electrons. The van der Waals surface area contributed by atoms with Gasteiger partial charge in [-0.2, -0.15) is 4.31 Å². The third kappa shape index (κ3) is 4.73. The van der Waals surface area contributed by atoms with Gasteiger partial charge in [-0.15, -0.1) is 0 Å². The van der Waals surface area contributed by atoms with Crippen molar-refractivity contribution in [2.45, 2.75) is 11.8 Å². The molecule has 152 valence electrons. The number of methoxy groups -OCH3 is 3. The first-order valence-corrected chi connectivity index (χ1v) is 9.79. The molecule has 2 aromatic rings. The molecule has 0 aliphatic carbocycles. The van der Waals surface area contributed by atoms with Crippen LogP contribution in [0.15, 0.2) is 41.3 Å². The molecule has 0 saturated carbocycles. The molecule has 0 fully saturated rings. The predicted octanol–water partition coefficient (Wildman–Crippen LogP) is 2.28. The second kappa shape index (κ2) is 8.94. The Hall–Kier alpha value is -2.78. The summed E-state index contributed by atoms with van der Waals surface area (Å²) in [5.41, 5.74) is 1.41. The van der Waals surface area contributed by atoms with Gasteiger partial charge in [0, 0.05) is 13.1 Å². The summed E-state index contributed by atoms with van der Waals surface area (Å²) in [5, 5.41) is 2.68. The van der Waals surface area contributed by atoms with E-state index in [1.54, 1.807) is 12.1 Å². The van der Waals surface area contributed by atoms with Gasteiger partial charge in [-0.1, -0.05) is 6.07 Å². The van der Waals surface area contributed by atoms with Crippen LogP contribution in [0.5, 0.6) is 17.2 Å². The third-order valence-electron chi connectivity index (χ3n) is 4.06. The van der Waals surface area contributed by atoms with Gasteiger partial charge >= 0.3 is 0 Å². The molecule has 0 aromatic heterocycles. The first-order chi connectivity index (χ1) is 13.2. The Kier molecular flexibility index (Phi) is 6.87. The van der Waals surface area contributed by atoms with E-state index < -0.39 is 15.9 Å². The van der Waals surface area contributed by atoms with Gasteiger partial charge in [0.2, 0.25) is 15.9 Å². The average molecular weight is 408 g/mol. The van der Waals surface area contributed by atoms with E-state index >= 15 is 0 Å². The van der Waals surface area contributed by atoms with Gasteiger partial charge in [-0.05, 0) is 36.8 Å². The molecule has 0 aliphatic heterocycles. The number of likely N-dealkylation sites (N-methyl/N-ethyl adjacent to an activating group) is 1. The number of sulfonamides is 1. The average Bonchev–Trinajstić information content (AvgIpc) is 2.67. The highest BCUT2D eigenvalue weighted by molar-refractivity contribution is 7.89. The Morgan fingerprint density at radius 1 is 0.964 bits per heavy atom. The van der Waals surface area contributed by atoms with E-state index in [2.05, 4.69) is 5.32 Å². The van der Waals surface area contributed by atoms with Gasteiger partial charge in [0.05, 0.1) is 38.5 Å². The zero-order valence-corrected chi connectivity index (χ0v) is 17.3. The Bertz CT molecular complexity index is 959. The van der Waals surface area contributed by atoms with Gasteiger partial charge in [0.25, 0.3) is 0 Å². The molecule has 0 heterocycles. The Morgan fingerprint density at radius 3 is 2.18 bits per heavy atom. The number of carbonyl (C=O) groups is 1. The highest BCUT2D eigenvalue weighted by atomic mass is 32.2. The maximum absolute atomic E-state index is 12.8. The smallest absolute Gasteiger partial charge is 0.243 e. The number of carbonyl (C=O) groups excluding carboxylic acids is 1. The number of hydrogen-bond donors (Lipinski definition) is 1. The Labute approximate surface area is 165 Å². The second-order valence-corrected chi connectivity index (χ2v) is 8.07. The molecule has 2 rings (SSSR count). The largest absolute Gasteiger partial charge is 0.495 e. The van der Waals surface area contributed by atoms with Gasteiger partial charge in [-0.3, -0.25) is 4.79 Å². The van der Waals surface area contributed by atoms with Crippen LogP contribution in [0.1, 0.15) is 5.56 Å². The quantitative estimate of drug-likeness (QED) is 0.720. The molecule has 0 saturated heterocycles. The van der Waals surface area contributed by atoms with E-state index in [0.29, 0.717) is 17.2 Å². The minimum atomic E-state index is -3.90. The molecular formula is C19H24N2O6S. The highest BCUT2D eigenvalue weighted by Crippen LogP contribution is 2.30. The number of nitrogens with zero attached hydrogens (tertiary/aromatic N) is 1. The Morgan fingerprint density at radius 2 is 1.57 bits per heavy atom. The van der Waals surface area contributed by atoms with E-state index in [1.807, 2.05) is 13.0 Å². The van der Waals surface area contributed by atoms with Gasteiger partial charge < -0.3 is 19.5 Å². The van der Waals surface area contributed by atoms with Crippen molar-refractivity contribution in [2.75, 3.05) is 40.2 Å². The van der Waals surface area contributed by atoms with Gasteiger partial charge in [0.1, 0.15) is 5.75 Å². The summed E-state index contributed by atoms with van der Waals surface area (Å²) in [6, 6.07) is 9.58. The maximum atomic E-state index is 12.8. The number of nitrogens with one attached hydrogen (secondary N) is 1. The van der Waals surface area contributed by atoms with Crippen LogP contribution in [-0.2, 0) is 14.8 Å². The number of rotatable bonds is 8. The number of aryl methyl sites for hydroxylation is 1. The van der Waals surface area contributed by atoms with Crippen molar-refractivity contribution in [3.8, 4) is 17.2 Å². The van der Waals surface area contributed by atoms with Crippen molar-refractivity contribution in [3.63, 3.8) is 0 Å². The summed E-state index contributed by atoms with van der Waals surface area (Å²) >= 11 is 0. The summed E-state index contributed by atoms with van der Waals surface area (Å²) in [6.45, 7) is 1.51. The van der Waals surface area contributed by atoms with Crippen LogP contribution in [0.25, 0.3) is 0 Å². The third-order valence-corrected chi connectivity index (χ3v) is 5.86. The molecule has 0 aliphatic rings. The summed E-state index contributed by atoms with van der Waals surface area (Å²) in [6.07, 6.45) is 0. The molecule has 0 bridgehead atoms. The lowest BCUT2D eigenvalue weighted by Gasteiger charge is -2.18. The summed E-state index contributed by atoms with van der Waals surface area (Å²) in [5.74, 6) is 0.694. The van der Waals surface area contributed by atoms with Crippen molar-refractivity contribution in [3.05, 3.63) is 42.0 Å². The first-order valence-electron chi connectivity index (χ1n) is 8.35. The second-order valence-electron chi connectivity index (χ2n) is 6.03. The fourth-order valence-electron chi connectivity index (χ4n) is 2.55. The zero-order chi connectivity index (χ0) is 20.9. The lowest BCUT2D eigenvalue weighted by atomic mass is 10.2. The van der Waals surface area contributed by atoms with Crippen molar-refractivity contribution in [2.24, 2.45) is 0 Å². The highest BCUT2D eigenvalue weighted by Gasteiger charge is 2.24. The van der Waals surface area contributed by atoms with Crippen LogP contribution in [0.3, 0.4) is 0 Å². The van der Waals surface area contributed by atoms with E-state index in [-0.39, 0.29) is 17.2 Å². The summed E-state index contributed by atoms with van der Waals surface area (Å²) in [4.78, 5) is 12.4. The summed E-state index contributed by atoms with van der Waals surface area (Å²) in [7, 11) is 1.80. The number of amides is 1. The van der Waals surface area contributed by atoms with Crippen molar-refractivity contribution < 1.29 is 27.4 Å². The predicted molar refractivity (Wildman–Crippen MR) is 106 cm³/mol. The molecule has 0 atom stereocenters. The molecule has 0 unspecified atom stereocenters. The van der Waals surface area contributed by atoms with Crippen LogP contribution in [0.2, 0.25) is 0 Å². The van der Waals surface area contributed by atoms with Crippen LogP contribution in [0, 0.1) is 6.92 Å². The van der Waals surface area contributed by atoms with Crippen molar-refractivity contribution in [1.29, 1.82) is 0 Å². The topological polar surface area (TPSA) is 94.2 Å². The van der Waals surface area contributed by atoms with Crippen molar-refractivity contribution >= 4 is 21.6 Å². The minimum Gasteiger partial charge on any atom is -0.495 e. The number of anilines is 1. The van der Waals surface area contributed by atoms with E-state index in [9.17, 15) is 13.2 Å². The zero-order valence-electron chi connectivity index (χ0n) is 16.5. The molecule has 8 nitrogen and oxygen atoms in total. The standard InChI is InChI=1S/C19H24N2O6S/c1-13-6-8-16(25-3)15(10-13)20-19(22)12-21(2)28(23,24)14-7-9-17(26-4)18(11-14)27-5/h6-11H,12H2,1-5H3,(H,20,22). The van der Waals surface area contributed by atoms with Crippen molar-refractivity contribution in [1.82, 2.24) is 4.31 Å². The molecular weight excluding hydrogens is 384 g/mol. The molecule has 9 heteroatoms. The monoisotopic (exact) mass is 408 g/mol. The fraction of sp³-hybridized carbons (Fsp3) is 0.316. The van der Waals surface area contributed by atoms with Gasteiger partial charge in [-0.25, -0.2) is 8.42 Å². The molecule has 2 aromatic carbocycles. The van der Waals surface area contributed by atoms with E-state index in [0.717, 1.165) is 9.87 Å². The lowest BCUT2D eigenvalue weighted by molar-refractivity contribution is -0.116. The van der Waals surface area contributed by atoms with Crippen LogP contribution in [0.4, 0.5) is 5.69 Å². The molecule has 28 heavy (non-hydrogen) atoms. The SMILES string of the molecule is COc1ccc(C)cc1NC(=O)CN(C)S(=O)(=O)c1ccc(OC)c(OC)c1. The fourth-order valence-corrected chi connectivity index (χ4v) is 3.70.